The van der Waals surface area contributed by atoms with Gasteiger partial charge in [0.15, 0.2) is 0 Å². The summed E-state index contributed by atoms with van der Waals surface area (Å²) in [6.45, 7) is 9.18. The number of hydrogen-bond donors (Lipinski definition) is 2. The smallest absolute Gasteiger partial charge is 0.242 e. The van der Waals surface area contributed by atoms with Crippen LogP contribution in [0.3, 0.4) is 0 Å². The monoisotopic (exact) mass is 337 g/mol. The van der Waals surface area contributed by atoms with Gasteiger partial charge < -0.3 is 20.5 Å². The second kappa shape index (κ2) is 8.25. The first kappa shape index (κ1) is 18.4. The molecule has 1 aromatic rings. The van der Waals surface area contributed by atoms with Crippen molar-refractivity contribution in [2.24, 2.45) is 11.7 Å². The van der Waals surface area contributed by atoms with E-state index in [2.05, 4.69) is 15.4 Å². The van der Waals surface area contributed by atoms with Gasteiger partial charge in [0.1, 0.15) is 5.76 Å². The van der Waals surface area contributed by atoms with Crippen LogP contribution in [-0.2, 0) is 16.1 Å². The molecule has 1 aliphatic heterocycles. The number of aromatic nitrogens is 1. The zero-order valence-electron chi connectivity index (χ0n) is 14.6. The lowest BCUT2D eigenvalue weighted by Gasteiger charge is -2.34. The number of nitrogens with one attached hydrogen (secondary N) is 1. The average molecular weight is 337 g/mol. The maximum absolute atomic E-state index is 12.2. The molecule has 1 atom stereocenters. The van der Waals surface area contributed by atoms with E-state index in [1.807, 2.05) is 26.8 Å². The summed E-state index contributed by atoms with van der Waals surface area (Å²) in [5, 5.41) is 6.61. The van der Waals surface area contributed by atoms with Crippen molar-refractivity contribution in [2.45, 2.75) is 33.4 Å². The summed E-state index contributed by atoms with van der Waals surface area (Å²) >= 11 is 0. The highest BCUT2D eigenvalue weighted by molar-refractivity contribution is 5.87. The summed E-state index contributed by atoms with van der Waals surface area (Å²) in [6.07, 6.45) is 0. The van der Waals surface area contributed by atoms with E-state index in [-0.39, 0.29) is 24.3 Å². The number of carbonyl (C=O) groups is 2. The van der Waals surface area contributed by atoms with Crippen molar-refractivity contribution >= 4 is 11.8 Å². The highest BCUT2D eigenvalue weighted by Crippen LogP contribution is 2.09. The number of nitrogens with zero attached hydrogens (tertiary/aromatic N) is 3. The van der Waals surface area contributed by atoms with E-state index in [1.54, 1.807) is 4.90 Å². The first-order chi connectivity index (χ1) is 11.4. The van der Waals surface area contributed by atoms with Crippen LogP contribution in [0.2, 0.25) is 0 Å². The summed E-state index contributed by atoms with van der Waals surface area (Å²) < 4.78 is 5.06. The van der Waals surface area contributed by atoms with Crippen molar-refractivity contribution in [1.29, 1.82) is 0 Å². The number of rotatable bonds is 6. The van der Waals surface area contributed by atoms with Gasteiger partial charge in [-0.15, -0.1) is 0 Å². The van der Waals surface area contributed by atoms with Gasteiger partial charge >= 0.3 is 0 Å². The zero-order chi connectivity index (χ0) is 17.7. The fraction of sp³-hybridized carbons (Fsp3) is 0.688. The fourth-order valence-corrected chi connectivity index (χ4v) is 2.57. The molecule has 1 aliphatic rings. The normalized spacial score (nSPS) is 17.1. The Morgan fingerprint density at radius 3 is 2.54 bits per heavy atom. The Labute approximate surface area is 142 Å². The molecule has 0 unspecified atom stereocenters. The van der Waals surface area contributed by atoms with Gasteiger partial charge in [0, 0.05) is 38.8 Å². The fourth-order valence-electron chi connectivity index (χ4n) is 2.57. The van der Waals surface area contributed by atoms with Crippen LogP contribution in [0.1, 0.15) is 25.3 Å². The van der Waals surface area contributed by atoms with Crippen LogP contribution < -0.4 is 11.1 Å². The molecular weight excluding hydrogens is 310 g/mol. The number of nitrogens with two attached hydrogens (primary N) is 1. The minimum Gasteiger partial charge on any atom is -0.361 e. The molecule has 1 saturated heterocycles. The maximum atomic E-state index is 12.2. The van der Waals surface area contributed by atoms with Gasteiger partial charge in [-0.1, -0.05) is 19.0 Å². The second-order valence-corrected chi connectivity index (χ2v) is 6.57. The van der Waals surface area contributed by atoms with Gasteiger partial charge in [0.2, 0.25) is 11.8 Å². The molecule has 0 aliphatic carbocycles. The van der Waals surface area contributed by atoms with Crippen molar-refractivity contribution in [3.8, 4) is 0 Å². The molecule has 8 heteroatoms. The summed E-state index contributed by atoms with van der Waals surface area (Å²) in [5.74, 6) is 0.493. The van der Waals surface area contributed by atoms with Crippen molar-refractivity contribution < 1.29 is 14.1 Å². The molecule has 1 fully saturated rings. The number of hydrogen-bond acceptors (Lipinski definition) is 6. The molecule has 2 amide bonds. The van der Waals surface area contributed by atoms with Gasteiger partial charge in [-0.05, 0) is 12.8 Å². The van der Waals surface area contributed by atoms with Crippen LogP contribution in [0, 0.1) is 12.8 Å². The minimum absolute atomic E-state index is 0.00172. The summed E-state index contributed by atoms with van der Waals surface area (Å²) in [4.78, 5) is 28.0. The predicted molar refractivity (Wildman–Crippen MR) is 88.9 cm³/mol. The molecule has 1 aromatic heterocycles. The highest BCUT2D eigenvalue weighted by Gasteiger charge is 2.23. The Kier molecular flexibility index (Phi) is 6.33. The molecular formula is C16H27N5O3. The third-order valence-corrected chi connectivity index (χ3v) is 4.22. The lowest BCUT2D eigenvalue weighted by atomic mass is 10.1. The number of amides is 2. The van der Waals surface area contributed by atoms with E-state index < -0.39 is 6.04 Å². The molecule has 134 valence electrons. The van der Waals surface area contributed by atoms with Crippen LogP contribution >= 0.6 is 0 Å². The SMILES string of the molecule is Cc1cc(CN2CCN(C(=O)CNC(=O)[C@@H](N)C(C)C)CC2)no1. The van der Waals surface area contributed by atoms with Crippen LogP contribution in [0.25, 0.3) is 0 Å². The van der Waals surface area contributed by atoms with E-state index in [4.69, 9.17) is 10.3 Å². The van der Waals surface area contributed by atoms with Gasteiger partial charge in [0.25, 0.3) is 0 Å². The number of piperazine rings is 1. The van der Waals surface area contributed by atoms with E-state index in [0.29, 0.717) is 13.1 Å². The Balaban J connectivity index is 1.71. The molecule has 2 rings (SSSR count). The largest absolute Gasteiger partial charge is 0.361 e. The molecule has 2 heterocycles. The second-order valence-electron chi connectivity index (χ2n) is 6.57. The van der Waals surface area contributed by atoms with Crippen LogP contribution in [0.4, 0.5) is 0 Å². The van der Waals surface area contributed by atoms with Crippen molar-refractivity contribution in [1.82, 2.24) is 20.3 Å². The quantitative estimate of drug-likeness (QED) is 0.740. The number of aryl methyl sites for hydroxylation is 1. The zero-order valence-corrected chi connectivity index (χ0v) is 14.6. The third kappa shape index (κ3) is 5.04. The Hall–Kier alpha value is -1.93. The molecule has 24 heavy (non-hydrogen) atoms. The van der Waals surface area contributed by atoms with Gasteiger partial charge in [-0.25, -0.2) is 0 Å². The molecule has 8 nitrogen and oxygen atoms in total. The molecule has 0 saturated carbocycles. The molecule has 0 aromatic carbocycles. The van der Waals surface area contributed by atoms with Gasteiger partial charge in [0.05, 0.1) is 18.3 Å². The Morgan fingerprint density at radius 2 is 2.00 bits per heavy atom. The maximum Gasteiger partial charge on any atom is 0.242 e. The van der Waals surface area contributed by atoms with Crippen molar-refractivity contribution in [3.63, 3.8) is 0 Å². The summed E-state index contributed by atoms with van der Waals surface area (Å²) in [6, 6.07) is 1.34. The molecule has 0 spiro atoms. The van der Waals surface area contributed by atoms with E-state index >= 15 is 0 Å². The first-order valence-corrected chi connectivity index (χ1v) is 8.32. The lowest BCUT2D eigenvalue weighted by molar-refractivity contribution is -0.134. The topological polar surface area (TPSA) is 105 Å². The van der Waals surface area contributed by atoms with Gasteiger partial charge in [-0.3, -0.25) is 14.5 Å². The molecule has 0 radical (unpaired) electrons. The summed E-state index contributed by atoms with van der Waals surface area (Å²) in [5.41, 5.74) is 6.67. The highest BCUT2D eigenvalue weighted by atomic mass is 16.5. The molecule has 3 N–H and O–H groups in total. The number of carbonyl (C=O) groups excluding carboxylic acids is 2. The lowest BCUT2D eigenvalue weighted by Crippen LogP contribution is -2.52. The predicted octanol–water partition coefficient (Wildman–Crippen LogP) is -0.273. The van der Waals surface area contributed by atoms with Crippen molar-refractivity contribution in [2.75, 3.05) is 32.7 Å². The van der Waals surface area contributed by atoms with E-state index in [0.717, 1.165) is 31.1 Å². The Bertz CT molecular complexity index is 564. The van der Waals surface area contributed by atoms with Crippen molar-refractivity contribution in [3.05, 3.63) is 17.5 Å². The third-order valence-electron chi connectivity index (χ3n) is 4.22. The standard InChI is InChI=1S/C16H27N5O3/c1-11(2)15(17)16(23)18-9-14(22)21-6-4-20(5-7-21)10-13-8-12(3)24-19-13/h8,11,15H,4-7,9-10,17H2,1-3H3,(H,18,23)/t15-/m0/s1. The Morgan fingerprint density at radius 1 is 1.33 bits per heavy atom. The molecule has 0 bridgehead atoms. The van der Waals surface area contributed by atoms with E-state index in [1.165, 1.54) is 0 Å². The average Bonchev–Trinajstić information content (AvgIpc) is 2.97. The van der Waals surface area contributed by atoms with Gasteiger partial charge in [-0.2, -0.15) is 0 Å². The van der Waals surface area contributed by atoms with Crippen LogP contribution in [0.15, 0.2) is 10.6 Å². The first-order valence-electron chi connectivity index (χ1n) is 8.32. The summed E-state index contributed by atoms with van der Waals surface area (Å²) in [7, 11) is 0. The van der Waals surface area contributed by atoms with E-state index in [9.17, 15) is 9.59 Å². The van der Waals surface area contributed by atoms with Crippen LogP contribution in [0.5, 0.6) is 0 Å². The van der Waals surface area contributed by atoms with Crippen LogP contribution in [-0.4, -0.2) is 65.5 Å². The minimum atomic E-state index is -0.583.